The van der Waals surface area contributed by atoms with Gasteiger partial charge in [0.1, 0.15) is 5.75 Å². The number of benzene rings is 3. The Kier molecular flexibility index (Phi) is 6.07. The van der Waals surface area contributed by atoms with Crippen LogP contribution < -0.4 is 15.4 Å². The normalized spacial score (nSPS) is 10.2. The van der Waals surface area contributed by atoms with Crippen molar-refractivity contribution in [2.45, 2.75) is 13.8 Å². The van der Waals surface area contributed by atoms with Crippen molar-refractivity contribution in [2.24, 2.45) is 0 Å². The summed E-state index contributed by atoms with van der Waals surface area (Å²) < 4.78 is 5.87. The van der Waals surface area contributed by atoms with Crippen molar-refractivity contribution >= 4 is 17.5 Å². The molecule has 0 aliphatic carbocycles. The predicted octanol–water partition coefficient (Wildman–Crippen LogP) is 4.46. The highest BCUT2D eigenvalue weighted by atomic mass is 16.5. The molecule has 2 N–H and O–H groups in total. The molecule has 5 nitrogen and oxygen atoms in total. The number of anilines is 1. The zero-order valence-electron chi connectivity index (χ0n) is 15.9. The van der Waals surface area contributed by atoms with E-state index in [2.05, 4.69) is 10.6 Å². The number of nitrogens with one attached hydrogen (secondary N) is 2. The molecule has 3 aromatic carbocycles. The van der Waals surface area contributed by atoms with Crippen LogP contribution in [0.15, 0.2) is 72.8 Å². The van der Waals surface area contributed by atoms with Crippen LogP contribution in [0.2, 0.25) is 0 Å². The van der Waals surface area contributed by atoms with Gasteiger partial charge >= 0.3 is 0 Å². The molecular weight excluding hydrogens is 352 g/mol. The molecule has 0 atom stereocenters. The zero-order valence-corrected chi connectivity index (χ0v) is 15.9. The van der Waals surface area contributed by atoms with Gasteiger partial charge in [0.25, 0.3) is 5.91 Å². The number of carbonyl (C=O) groups is 2. The maximum absolute atomic E-state index is 12.3. The molecule has 0 spiro atoms. The lowest BCUT2D eigenvalue weighted by Gasteiger charge is -2.13. The Bertz CT molecular complexity index is 981. The molecular formula is C23H22N2O3. The van der Waals surface area contributed by atoms with Crippen molar-refractivity contribution in [3.8, 4) is 11.5 Å². The molecule has 2 amide bonds. The van der Waals surface area contributed by atoms with E-state index in [0.29, 0.717) is 22.7 Å². The molecule has 142 valence electrons. The number of aryl methyl sites for hydroxylation is 2. The molecule has 28 heavy (non-hydrogen) atoms. The van der Waals surface area contributed by atoms with Gasteiger partial charge in [-0.15, -0.1) is 0 Å². The number of hydrogen-bond acceptors (Lipinski definition) is 3. The maximum atomic E-state index is 12.3. The second-order valence-corrected chi connectivity index (χ2v) is 6.51. The predicted molar refractivity (Wildman–Crippen MR) is 110 cm³/mol. The first-order valence-corrected chi connectivity index (χ1v) is 8.99. The summed E-state index contributed by atoms with van der Waals surface area (Å²) in [6.07, 6.45) is 0. The summed E-state index contributed by atoms with van der Waals surface area (Å²) in [4.78, 5) is 24.5. The molecule has 0 unspecified atom stereocenters. The van der Waals surface area contributed by atoms with Crippen molar-refractivity contribution < 1.29 is 14.3 Å². The first-order valence-electron chi connectivity index (χ1n) is 8.99. The Balaban J connectivity index is 1.61. The third kappa shape index (κ3) is 5.20. The Morgan fingerprint density at radius 2 is 1.61 bits per heavy atom. The summed E-state index contributed by atoms with van der Waals surface area (Å²) >= 11 is 0. The summed E-state index contributed by atoms with van der Waals surface area (Å²) in [5, 5.41) is 5.41. The highest BCUT2D eigenvalue weighted by Crippen LogP contribution is 2.29. The van der Waals surface area contributed by atoms with E-state index >= 15 is 0 Å². The van der Waals surface area contributed by atoms with E-state index < -0.39 is 0 Å². The van der Waals surface area contributed by atoms with Crippen LogP contribution in [0, 0.1) is 13.8 Å². The second kappa shape index (κ2) is 8.86. The van der Waals surface area contributed by atoms with Crippen molar-refractivity contribution in [1.29, 1.82) is 0 Å². The summed E-state index contributed by atoms with van der Waals surface area (Å²) in [6.45, 7) is 3.78. The van der Waals surface area contributed by atoms with Crippen LogP contribution >= 0.6 is 0 Å². The third-order valence-electron chi connectivity index (χ3n) is 4.10. The largest absolute Gasteiger partial charge is 0.455 e. The van der Waals surface area contributed by atoms with Gasteiger partial charge in [-0.05, 0) is 50.2 Å². The van der Waals surface area contributed by atoms with Gasteiger partial charge in [0.2, 0.25) is 5.91 Å². The second-order valence-electron chi connectivity index (χ2n) is 6.51. The minimum atomic E-state index is -0.332. The number of rotatable bonds is 6. The van der Waals surface area contributed by atoms with Crippen LogP contribution in [0.4, 0.5) is 5.69 Å². The first-order chi connectivity index (χ1) is 13.5. The number of amides is 2. The van der Waals surface area contributed by atoms with Crippen LogP contribution in [0.5, 0.6) is 11.5 Å². The van der Waals surface area contributed by atoms with Gasteiger partial charge in [0, 0.05) is 5.56 Å². The standard InChI is InChI=1S/C23H22N2O3/c1-16-10-12-19(13-11-16)28-21-9-4-3-8-20(21)25-22(26)15-24-23(27)18-7-5-6-17(2)14-18/h3-14H,15H2,1-2H3,(H,24,27)(H,25,26). The van der Waals surface area contributed by atoms with E-state index in [1.165, 1.54) is 0 Å². The van der Waals surface area contributed by atoms with E-state index in [1.807, 2.05) is 62.4 Å². The quantitative estimate of drug-likeness (QED) is 0.669. The smallest absolute Gasteiger partial charge is 0.251 e. The fourth-order valence-corrected chi connectivity index (χ4v) is 2.64. The molecule has 0 heterocycles. The van der Waals surface area contributed by atoms with Crippen molar-refractivity contribution in [1.82, 2.24) is 5.32 Å². The summed E-state index contributed by atoms with van der Waals surface area (Å²) in [7, 11) is 0. The molecule has 3 rings (SSSR count). The third-order valence-corrected chi connectivity index (χ3v) is 4.10. The topological polar surface area (TPSA) is 67.4 Å². The molecule has 0 aromatic heterocycles. The van der Waals surface area contributed by atoms with Gasteiger partial charge < -0.3 is 15.4 Å². The van der Waals surface area contributed by atoms with E-state index in [4.69, 9.17) is 4.74 Å². The molecule has 0 aliphatic heterocycles. The Morgan fingerprint density at radius 1 is 0.857 bits per heavy atom. The van der Waals surface area contributed by atoms with Gasteiger partial charge in [-0.1, -0.05) is 47.5 Å². The molecule has 0 aliphatic rings. The fourth-order valence-electron chi connectivity index (χ4n) is 2.64. The van der Waals surface area contributed by atoms with Crippen molar-refractivity contribution in [2.75, 3.05) is 11.9 Å². The highest BCUT2D eigenvalue weighted by Gasteiger charge is 2.11. The average molecular weight is 374 g/mol. The van der Waals surface area contributed by atoms with Gasteiger partial charge in [-0.25, -0.2) is 0 Å². The Labute approximate surface area is 164 Å². The van der Waals surface area contributed by atoms with Crippen LogP contribution in [0.3, 0.4) is 0 Å². The number of hydrogen-bond donors (Lipinski definition) is 2. The summed E-state index contributed by atoms with van der Waals surface area (Å²) in [5.74, 6) is 0.591. The molecule has 0 bridgehead atoms. The van der Waals surface area contributed by atoms with Crippen LogP contribution in [-0.4, -0.2) is 18.4 Å². The fraction of sp³-hybridized carbons (Fsp3) is 0.130. The van der Waals surface area contributed by atoms with E-state index in [0.717, 1.165) is 11.1 Å². The molecule has 0 radical (unpaired) electrons. The maximum Gasteiger partial charge on any atom is 0.251 e. The van der Waals surface area contributed by atoms with Gasteiger partial charge in [0.05, 0.1) is 12.2 Å². The van der Waals surface area contributed by atoms with Crippen molar-refractivity contribution in [3.05, 3.63) is 89.5 Å². The monoisotopic (exact) mass is 374 g/mol. The lowest BCUT2D eigenvalue weighted by Crippen LogP contribution is -2.32. The number of para-hydroxylation sites is 2. The minimum Gasteiger partial charge on any atom is -0.455 e. The average Bonchev–Trinajstić information content (AvgIpc) is 2.69. The van der Waals surface area contributed by atoms with Gasteiger partial charge in [-0.2, -0.15) is 0 Å². The number of carbonyl (C=O) groups excluding carboxylic acids is 2. The molecule has 0 fully saturated rings. The van der Waals surface area contributed by atoms with E-state index in [9.17, 15) is 9.59 Å². The highest BCUT2D eigenvalue weighted by molar-refractivity contribution is 5.99. The molecule has 5 heteroatoms. The Morgan fingerprint density at radius 3 is 2.36 bits per heavy atom. The molecule has 0 saturated heterocycles. The number of ether oxygens (including phenoxy) is 1. The van der Waals surface area contributed by atoms with Crippen LogP contribution in [-0.2, 0) is 4.79 Å². The van der Waals surface area contributed by atoms with Gasteiger partial charge in [0.15, 0.2) is 5.75 Å². The summed E-state index contributed by atoms with van der Waals surface area (Å²) in [5.41, 5.74) is 3.19. The lowest BCUT2D eigenvalue weighted by molar-refractivity contribution is -0.115. The van der Waals surface area contributed by atoms with E-state index in [1.54, 1.807) is 24.3 Å². The Hall–Kier alpha value is -3.60. The van der Waals surface area contributed by atoms with Crippen LogP contribution in [0.25, 0.3) is 0 Å². The summed E-state index contributed by atoms with van der Waals surface area (Å²) in [6, 6.07) is 22.0. The molecule has 0 saturated carbocycles. The van der Waals surface area contributed by atoms with Gasteiger partial charge in [-0.3, -0.25) is 9.59 Å². The van der Waals surface area contributed by atoms with Crippen molar-refractivity contribution in [3.63, 3.8) is 0 Å². The SMILES string of the molecule is Cc1ccc(Oc2ccccc2NC(=O)CNC(=O)c2cccc(C)c2)cc1. The van der Waals surface area contributed by atoms with E-state index in [-0.39, 0.29) is 18.4 Å². The molecule has 3 aromatic rings. The lowest BCUT2D eigenvalue weighted by atomic mass is 10.1. The van der Waals surface area contributed by atoms with Crippen LogP contribution in [0.1, 0.15) is 21.5 Å². The first kappa shape index (κ1) is 19.2. The zero-order chi connectivity index (χ0) is 19.9. The minimum absolute atomic E-state index is 0.133.